The Kier molecular flexibility index (Phi) is 7.61. The van der Waals surface area contributed by atoms with Crippen LogP contribution in [0.1, 0.15) is 106 Å². The molecule has 10 rings (SSSR count). The summed E-state index contributed by atoms with van der Waals surface area (Å²) in [6.07, 6.45) is 10.4. The summed E-state index contributed by atoms with van der Waals surface area (Å²) in [4.78, 5) is 24.7. The minimum Gasteiger partial charge on any atom is -0.346 e. The standard InChI is InChI=1S/C34H54O8S/c1-19-7-9-25-21(3)27(35-29-33(25)23(19)11-15-31(5,37-29)39-41-33)13-17-43-18-14-28-22(4)26-10-8-20(2)24-12-16-32(6)38-30(36-28)34(24,26)42-40-32/h19-30H,7-18H2,1-6H3/t19-,20-,21-,22-,23+,24?,25?,26+,27-,28-,29-,30-,31+,32+,33-,34-/m1/s1. The second kappa shape index (κ2) is 10.8. The first kappa shape index (κ1) is 30.4. The fraction of sp³-hybridized carbons (Fsp3) is 1.00. The number of rotatable bonds is 6. The molecule has 0 aromatic carbocycles. The molecule has 10 aliphatic rings. The van der Waals surface area contributed by atoms with Gasteiger partial charge in [0, 0.05) is 24.7 Å². The largest absolute Gasteiger partial charge is 0.346 e. The fourth-order valence-electron chi connectivity index (χ4n) is 11.1. The summed E-state index contributed by atoms with van der Waals surface area (Å²) in [7, 11) is 0. The molecule has 8 saturated heterocycles. The molecule has 4 bridgehead atoms. The monoisotopic (exact) mass is 622 g/mol. The lowest BCUT2D eigenvalue weighted by Crippen LogP contribution is -2.70. The minimum absolute atomic E-state index is 0.174. The molecular formula is C34H54O8S. The van der Waals surface area contributed by atoms with Crippen LogP contribution in [0.15, 0.2) is 0 Å². The molecule has 8 nitrogen and oxygen atoms in total. The second-order valence-electron chi connectivity index (χ2n) is 16.1. The zero-order valence-electron chi connectivity index (χ0n) is 27.1. The molecule has 0 N–H and O–H groups in total. The Bertz CT molecular complexity index is 983. The van der Waals surface area contributed by atoms with Crippen molar-refractivity contribution in [3.8, 4) is 0 Å². The zero-order valence-corrected chi connectivity index (χ0v) is 27.9. The van der Waals surface area contributed by atoms with Gasteiger partial charge in [-0.25, -0.2) is 19.6 Å². The third-order valence-corrected chi connectivity index (χ3v) is 14.7. The van der Waals surface area contributed by atoms with Crippen LogP contribution in [0, 0.1) is 47.3 Å². The number of hydrogen-bond donors (Lipinski definition) is 0. The van der Waals surface area contributed by atoms with Crippen molar-refractivity contribution in [1.29, 1.82) is 0 Å². The number of ether oxygens (including phenoxy) is 4. The minimum atomic E-state index is -0.710. The molecule has 9 heteroatoms. The molecule has 244 valence electrons. The van der Waals surface area contributed by atoms with E-state index in [9.17, 15) is 0 Å². The highest BCUT2D eigenvalue weighted by Crippen LogP contribution is 2.62. The van der Waals surface area contributed by atoms with Crippen LogP contribution >= 0.6 is 11.8 Å². The summed E-state index contributed by atoms with van der Waals surface area (Å²) >= 11 is 2.03. The van der Waals surface area contributed by atoms with Gasteiger partial charge >= 0.3 is 0 Å². The average Bonchev–Trinajstić information content (AvgIpc) is 3.35. The van der Waals surface area contributed by atoms with Gasteiger partial charge in [0.2, 0.25) is 11.6 Å². The maximum Gasteiger partial charge on any atom is 0.201 e. The Morgan fingerprint density at radius 2 is 1.00 bits per heavy atom. The van der Waals surface area contributed by atoms with Crippen molar-refractivity contribution in [1.82, 2.24) is 0 Å². The molecule has 43 heavy (non-hydrogen) atoms. The van der Waals surface area contributed by atoms with Gasteiger partial charge in [-0.3, -0.25) is 0 Å². The van der Waals surface area contributed by atoms with Crippen molar-refractivity contribution in [2.75, 3.05) is 11.5 Å². The van der Waals surface area contributed by atoms with E-state index in [0.29, 0.717) is 47.3 Å². The SMILES string of the molecule is C[C@H]1[C@@H](CCSCC[C@H]2O[C@@H]3O[C@]4(C)CC[C@H]5[C@H](C)CCC([C@H]2C)[C@@]35OO4)O[C@@H]2O[C@]3(C)CCC4[C@H](C)CC[C@@H]1[C@]42OO3. The smallest absolute Gasteiger partial charge is 0.201 e. The second-order valence-corrected chi connectivity index (χ2v) is 17.3. The summed E-state index contributed by atoms with van der Waals surface area (Å²) in [6, 6.07) is 0. The Hall–Kier alpha value is 0.0300. The first-order valence-electron chi connectivity index (χ1n) is 17.6. The van der Waals surface area contributed by atoms with E-state index in [1.54, 1.807) is 0 Å². The van der Waals surface area contributed by atoms with Crippen molar-refractivity contribution in [3.05, 3.63) is 0 Å². The lowest BCUT2D eigenvalue weighted by Gasteiger charge is -2.60. The molecule has 0 radical (unpaired) electrons. The van der Waals surface area contributed by atoms with Crippen LogP contribution in [0.25, 0.3) is 0 Å². The van der Waals surface area contributed by atoms with Gasteiger partial charge in [0.15, 0.2) is 23.8 Å². The van der Waals surface area contributed by atoms with E-state index in [1.807, 2.05) is 25.6 Å². The molecule has 16 atom stereocenters. The summed E-state index contributed by atoms with van der Waals surface area (Å²) in [5.41, 5.74) is -0.937. The van der Waals surface area contributed by atoms with E-state index in [2.05, 4.69) is 27.7 Å². The third-order valence-electron chi connectivity index (χ3n) is 13.7. The lowest BCUT2D eigenvalue weighted by atomic mass is 9.57. The lowest BCUT2D eigenvalue weighted by molar-refractivity contribution is -0.571. The summed E-state index contributed by atoms with van der Waals surface area (Å²) < 4.78 is 26.8. The maximum absolute atomic E-state index is 6.83. The van der Waals surface area contributed by atoms with Crippen LogP contribution in [0.4, 0.5) is 0 Å². The van der Waals surface area contributed by atoms with Crippen LogP contribution < -0.4 is 0 Å². The highest BCUT2D eigenvalue weighted by atomic mass is 32.2. The molecule has 2 aliphatic carbocycles. The van der Waals surface area contributed by atoms with Crippen LogP contribution in [-0.2, 0) is 38.5 Å². The van der Waals surface area contributed by atoms with E-state index >= 15 is 0 Å². The van der Waals surface area contributed by atoms with E-state index in [4.69, 9.17) is 38.5 Å². The van der Waals surface area contributed by atoms with Gasteiger partial charge in [-0.05, 0) is 112 Å². The highest BCUT2D eigenvalue weighted by Gasteiger charge is 2.70. The van der Waals surface area contributed by atoms with E-state index in [1.165, 1.54) is 12.8 Å². The Labute approximate surface area is 262 Å². The molecule has 0 amide bonds. The van der Waals surface area contributed by atoms with Gasteiger partial charge in [0.1, 0.15) is 0 Å². The molecule has 2 spiro atoms. The molecular weight excluding hydrogens is 568 g/mol. The van der Waals surface area contributed by atoms with E-state index in [0.717, 1.165) is 62.9 Å². The van der Waals surface area contributed by atoms with E-state index < -0.39 is 22.8 Å². The van der Waals surface area contributed by atoms with Gasteiger partial charge in [0.05, 0.1) is 12.2 Å². The topological polar surface area (TPSA) is 73.8 Å². The summed E-state index contributed by atoms with van der Waals surface area (Å²) in [5.74, 6) is 4.37. The molecule has 10 fully saturated rings. The van der Waals surface area contributed by atoms with Crippen molar-refractivity contribution < 1.29 is 38.5 Å². The number of hydrogen-bond acceptors (Lipinski definition) is 9. The van der Waals surface area contributed by atoms with Crippen LogP contribution in [-0.4, -0.2) is 59.1 Å². The van der Waals surface area contributed by atoms with Gasteiger partial charge < -0.3 is 18.9 Å². The molecule has 0 aromatic heterocycles. The Balaban J connectivity index is 0.894. The third kappa shape index (κ3) is 4.52. The van der Waals surface area contributed by atoms with Crippen molar-refractivity contribution >= 4 is 11.8 Å². The summed E-state index contributed by atoms with van der Waals surface area (Å²) in [5, 5.41) is 0. The Morgan fingerprint density at radius 1 is 0.558 bits per heavy atom. The average molecular weight is 623 g/mol. The highest BCUT2D eigenvalue weighted by molar-refractivity contribution is 7.99. The van der Waals surface area contributed by atoms with Gasteiger partial charge in [-0.2, -0.15) is 11.8 Å². The van der Waals surface area contributed by atoms with Crippen molar-refractivity contribution in [3.63, 3.8) is 0 Å². The molecule has 2 saturated carbocycles. The normalized spacial score (nSPS) is 58.7. The van der Waals surface area contributed by atoms with Gasteiger partial charge in [-0.15, -0.1) is 0 Å². The maximum atomic E-state index is 6.83. The van der Waals surface area contributed by atoms with Crippen LogP contribution in [0.5, 0.6) is 0 Å². The van der Waals surface area contributed by atoms with Crippen LogP contribution in [0.3, 0.4) is 0 Å². The molecule has 8 aliphatic heterocycles. The van der Waals surface area contributed by atoms with Gasteiger partial charge in [0.25, 0.3) is 0 Å². The quantitative estimate of drug-likeness (QED) is 0.230. The first-order chi connectivity index (χ1) is 20.6. The molecule has 8 heterocycles. The summed E-state index contributed by atoms with van der Waals surface area (Å²) in [6.45, 7) is 13.5. The van der Waals surface area contributed by atoms with E-state index in [-0.39, 0.29) is 24.8 Å². The first-order valence-corrected chi connectivity index (χ1v) is 18.7. The predicted octanol–water partition coefficient (Wildman–Crippen LogP) is 7.00. The fourth-order valence-corrected chi connectivity index (χ4v) is 12.1. The Morgan fingerprint density at radius 3 is 1.44 bits per heavy atom. The van der Waals surface area contributed by atoms with Crippen molar-refractivity contribution in [2.24, 2.45) is 47.3 Å². The molecule has 0 aromatic rings. The zero-order chi connectivity index (χ0) is 29.8. The van der Waals surface area contributed by atoms with Crippen LogP contribution in [0.2, 0.25) is 0 Å². The van der Waals surface area contributed by atoms with Crippen molar-refractivity contribution in [2.45, 2.75) is 153 Å². The molecule has 2 unspecified atom stereocenters. The number of thioether (sulfide) groups is 1. The predicted molar refractivity (Wildman–Crippen MR) is 160 cm³/mol. The van der Waals surface area contributed by atoms with Gasteiger partial charge in [-0.1, -0.05) is 27.7 Å². The number of fused-ring (bicyclic) bond motifs is 4.